The summed E-state index contributed by atoms with van der Waals surface area (Å²) >= 11 is 0. The number of ether oxygens (including phenoxy) is 2. The Kier molecular flexibility index (Phi) is 3.21. The maximum absolute atomic E-state index is 5.70. The Balaban J connectivity index is 1.89. The van der Waals surface area contributed by atoms with Gasteiger partial charge >= 0.3 is 0 Å². The van der Waals surface area contributed by atoms with Crippen molar-refractivity contribution >= 4 is 0 Å². The van der Waals surface area contributed by atoms with Gasteiger partial charge in [0, 0.05) is 13.0 Å². The predicted octanol–water partition coefficient (Wildman–Crippen LogP) is 1.40. The summed E-state index contributed by atoms with van der Waals surface area (Å²) in [5, 5.41) is 0. The van der Waals surface area contributed by atoms with E-state index in [1.165, 1.54) is 13.0 Å². The van der Waals surface area contributed by atoms with Crippen LogP contribution in [0.25, 0.3) is 0 Å². The molecule has 0 aromatic carbocycles. The molecule has 14 heavy (non-hydrogen) atoms. The van der Waals surface area contributed by atoms with Crippen molar-refractivity contribution in [2.24, 2.45) is 0 Å². The van der Waals surface area contributed by atoms with Crippen molar-refractivity contribution in [1.82, 2.24) is 4.90 Å². The van der Waals surface area contributed by atoms with E-state index in [0.29, 0.717) is 0 Å². The van der Waals surface area contributed by atoms with Crippen LogP contribution in [0.2, 0.25) is 0 Å². The van der Waals surface area contributed by atoms with E-state index in [9.17, 15) is 0 Å². The molecule has 0 aromatic heterocycles. The molecule has 0 saturated carbocycles. The van der Waals surface area contributed by atoms with Gasteiger partial charge in [-0.15, -0.1) is 0 Å². The summed E-state index contributed by atoms with van der Waals surface area (Å²) in [6.45, 7) is 6.69. The van der Waals surface area contributed by atoms with Gasteiger partial charge < -0.3 is 9.47 Å². The molecule has 3 nitrogen and oxygen atoms in total. The van der Waals surface area contributed by atoms with Crippen molar-refractivity contribution in [3.05, 3.63) is 12.2 Å². The van der Waals surface area contributed by atoms with E-state index >= 15 is 0 Å². The Labute approximate surface area is 85.7 Å². The van der Waals surface area contributed by atoms with Gasteiger partial charge in [0.15, 0.2) is 5.79 Å². The number of likely N-dealkylation sites (tertiary alicyclic amines) is 1. The van der Waals surface area contributed by atoms with Crippen molar-refractivity contribution in [3.8, 4) is 0 Å². The highest BCUT2D eigenvalue weighted by atomic mass is 16.7. The van der Waals surface area contributed by atoms with E-state index in [-0.39, 0.29) is 5.79 Å². The second-order valence-corrected chi connectivity index (χ2v) is 4.02. The van der Waals surface area contributed by atoms with Crippen LogP contribution >= 0.6 is 0 Å². The van der Waals surface area contributed by atoms with Crippen LogP contribution in [0.3, 0.4) is 0 Å². The zero-order chi connectivity index (χ0) is 9.86. The number of hydrogen-bond acceptors (Lipinski definition) is 3. The number of rotatable bonds is 2. The predicted molar refractivity (Wildman–Crippen MR) is 55.1 cm³/mol. The third-order valence-corrected chi connectivity index (χ3v) is 2.91. The van der Waals surface area contributed by atoms with Crippen molar-refractivity contribution in [3.63, 3.8) is 0 Å². The van der Waals surface area contributed by atoms with E-state index in [1.807, 2.05) is 0 Å². The summed E-state index contributed by atoms with van der Waals surface area (Å²) in [5.41, 5.74) is 0. The molecular formula is C11H19NO2. The molecular weight excluding hydrogens is 178 g/mol. The zero-order valence-corrected chi connectivity index (χ0v) is 8.87. The minimum absolute atomic E-state index is 0.264. The molecule has 80 valence electrons. The summed E-state index contributed by atoms with van der Waals surface area (Å²) in [6.07, 6.45) is 6.52. The van der Waals surface area contributed by atoms with Crippen molar-refractivity contribution in [1.29, 1.82) is 0 Å². The Hall–Kier alpha value is -0.380. The monoisotopic (exact) mass is 197 g/mol. The molecule has 2 aliphatic heterocycles. The van der Waals surface area contributed by atoms with Crippen LogP contribution in [0.5, 0.6) is 0 Å². The highest BCUT2D eigenvalue weighted by Crippen LogP contribution is 2.29. The van der Waals surface area contributed by atoms with Crippen LogP contribution in [0.15, 0.2) is 12.2 Å². The lowest BCUT2D eigenvalue weighted by molar-refractivity contribution is -0.188. The minimum Gasteiger partial charge on any atom is -0.346 e. The summed E-state index contributed by atoms with van der Waals surface area (Å²) in [7, 11) is 0. The molecule has 2 saturated heterocycles. The van der Waals surface area contributed by atoms with Gasteiger partial charge in [-0.25, -0.2) is 0 Å². The van der Waals surface area contributed by atoms with E-state index < -0.39 is 0 Å². The highest BCUT2D eigenvalue weighted by molar-refractivity contribution is 4.88. The second kappa shape index (κ2) is 4.43. The molecule has 2 aliphatic rings. The number of allylic oxidation sites excluding steroid dienone is 1. The van der Waals surface area contributed by atoms with Crippen LogP contribution in [0.1, 0.15) is 19.8 Å². The molecule has 0 aliphatic carbocycles. The molecule has 2 heterocycles. The number of hydrogen-bond donors (Lipinski definition) is 0. The average molecular weight is 197 g/mol. The summed E-state index contributed by atoms with van der Waals surface area (Å²) in [4.78, 5) is 2.40. The van der Waals surface area contributed by atoms with Gasteiger partial charge in [0.1, 0.15) is 0 Å². The lowest BCUT2D eigenvalue weighted by Gasteiger charge is -2.38. The Morgan fingerprint density at radius 3 is 2.86 bits per heavy atom. The van der Waals surface area contributed by atoms with Crippen LogP contribution in [-0.4, -0.2) is 43.5 Å². The molecule has 0 radical (unpaired) electrons. The second-order valence-electron chi connectivity index (χ2n) is 4.02. The number of nitrogens with zero attached hydrogens (tertiary/aromatic N) is 1. The van der Waals surface area contributed by atoms with Crippen LogP contribution < -0.4 is 0 Å². The first-order valence-electron chi connectivity index (χ1n) is 5.46. The molecule has 0 aromatic rings. The van der Waals surface area contributed by atoms with Crippen LogP contribution in [-0.2, 0) is 9.47 Å². The van der Waals surface area contributed by atoms with Crippen molar-refractivity contribution < 1.29 is 9.47 Å². The molecule has 0 unspecified atom stereocenters. The van der Waals surface area contributed by atoms with Gasteiger partial charge in [0.25, 0.3) is 0 Å². The molecule has 0 N–H and O–H groups in total. The average Bonchev–Trinajstić information content (AvgIpc) is 2.63. The van der Waals surface area contributed by atoms with Gasteiger partial charge in [-0.1, -0.05) is 12.2 Å². The topological polar surface area (TPSA) is 21.7 Å². The normalized spacial score (nSPS) is 27.8. The van der Waals surface area contributed by atoms with Crippen molar-refractivity contribution in [2.75, 3.05) is 32.8 Å². The molecule has 0 amide bonds. The van der Waals surface area contributed by atoms with E-state index in [0.717, 1.165) is 32.7 Å². The fraction of sp³-hybridized carbons (Fsp3) is 0.818. The fourth-order valence-electron chi connectivity index (χ4n) is 2.21. The van der Waals surface area contributed by atoms with E-state index in [4.69, 9.17) is 9.47 Å². The van der Waals surface area contributed by atoms with Crippen molar-refractivity contribution in [2.45, 2.75) is 25.6 Å². The Morgan fingerprint density at radius 1 is 1.36 bits per heavy atom. The van der Waals surface area contributed by atoms with E-state index in [1.54, 1.807) is 0 Å². The lowest BCUT2D eigenvalue weighted by atomic mass is 10.0. The largest absolute Gasteiger partial charge is 0.346 e. The molecule has 2 rings (SSSR count). The van der Waals surface area contributed by atoms with Gasteiger partial charge in [-0.3, -0.25) is 4.90 Å². The summed E-state index contributed by atoms with van der Waals surface area (Å²) in [6, 6.07) is 0. The highest BCUT2D eigenvalue weighted by Gasteiger charge is 2.40. The van der Waals surface area contributed by atoms with Crippen LogP contribution in [0.4, 0.5) is 0 Å². The molecule has 3 heteroatoms. The van der Waals surface area contributed by atoms with Gasteiger partial charge in [0.05, 0.1) is 19.8 Å². The lowest BCUT2D eigenvalue weighted by Crippen LogP contribution is -2.48. The quantitative estimate of drug-likeness (QED) is 0.625. The first-order chi connectivity index (χ1) is 6.85. The summed E-state index contributed by atoms with van der Waals surface area (Å²) < 4.78 is 11.4. The standard InChI is InChI=1S/C11H19NO2/c1-2-3-6-12-7-4-5-11(10-12)13-8-9-14-11/h2-3H,4-10H2,1H3/b3-2+. The van der Waals surface area contributed by atoms with E-state index in [2.05, 4.69) is 24.0 Å². The molecule has 2 fully saturated rings. The zero-order valence-electron chi connectivity index (χ0n) is 8.87. The van der Waals surface area contributed by atoms with Crippen LogP contribution in [0, 0.1) is 0 Å². The van der Waals surface area contributed by atoms with Gasteiger partial charge in [0.2, 0.25) is 0 Å². The maximum atomic E-state index is 5.70. The third kappa shape index (κ3) is 2.16. The molecule has 0 atom stereocenters. The van der Waals surface area contributed by atoms with Gasteiger partial charge in [-0.05, 0) is 19.9 Å². The molecule has 0 bridgehead atoms. The number of piperidine rings is 1. The summed E-state index contributed by atoms with van der Waals surface area (Å²) in [5.74, 6) is -0.264. The Bertz CT molecular complexity index is 209. The fourth-order valence-corrected chi connectivity index (χ4v) is 2.21. The first kappa shape index (κ1) is 10.1. The van der Waals surface area contributed by atoms with Gasteiger partial charge in [-0.2, -0.15) is 0 Å². The first-order valence-corrected chi connectivity index (χ1v) is 5.46. The smallest absolute Gasteiger partial charge is 0.181 e. The SMILES string of the molecule is C/C=C/CN1CCCC2(C1)OCCO2. The minimum atomic E-state index is -0.264. The maximum Gasteiger partial charge on any atom is 0.181 e. The third-order valence-electron chi connectivity index (χ3n) is 2.91. The Morgan fingerprint density at radius 2 is 2.14 bits per heavy atom. The molecule has 1 spiro atoms.